The van der Waals surface area contributed by atoms with Crippen molar-refractivity contribution in [2.45, 2.75) is 6.54 Å². The Labute approximate surface area is 176 Å². The minimum Gasteiger partial charge on any atom is -0.486 e. The number of thiophene rings is 1. The molecule has 1 amide bonds. The van der Waals surface area contributed by atoms with Crippen LogP contribution in [0.15, 0.2) is 60.0 Å². The highest BCUT2D eigenvalue weighted by molar-refractivity contribution is 7.09. The van der Waals surface area contributed by atoms with Crippen molar-refractivity contribution in [3.63, 3.8) is 0 Å². The Morgan fingerprint density at radius 1 is 1.10 bits per heavy atom. The molecule has 0 N–H and O–H groups in total. The Bertz CT molecular complexity index is 1040. The second kappa shape index (κ2) is 8.83. The van der Waals surface area contributed by atoms with Gasteiger partial charge in [-0.05, 0) is 35.7 Å². The molecule has 0 unspecified atom stereocenters. The Morgan fingerprint density at radius 3 is 2.57 bits per heavy atom. The fourth-order valence-corrected chi connectivity index (χ4v) is 3.66. The maximum absolute atomic E-state index is 13.0. The number of benzene rings is 2. The van der Waals surface area contributed by atoms with Gasteiger partial charge < -0.3 is 19.1 Å². The molecule has 1 aromatic heterocycles. The van der Waals surface area contributed by atoms with Crippen LogP contribution in [0, 0.1) is 10.1 Å². The molecule has 0 saturated heterocycles. The van der Waals surface area contributed by atoms with E-state index in [4.69, 9.17) is 14.2 Å². The van der Waals surface area contributed by atoms with E-state index in [1.54, 1.807) is 28.4 Å². The zero-order valence-electron chi connectivity index (χ0n) is 15.9. The number of nitro benzene ring substituents is 1. The van der Waals surface area contributed by atoms with Gasteiger partial charge in [-0.2, -0.15) is 0 Å². The maximum Gasteiger partial charge on any atom is 0.269 e. The number of hydrogen-bond donors (Lipinski definition) is 0. The lowest BCUT2D eigenvalue weighted by Gasteiger charge is -2.25. The van der Waals surface area contributed by atoms with Gasteiger partial charge in [-0.3, -0.25) is 14.9 Å². The Hall–Kier alpha value is -3.59. The molecule has 0 bridgehead atoms. The van der Waals surface area contributed by atoms with Crippen molar-refractivity contribution in [2.24, 2.45) is 0 Å². The number of rotatable bonds is 7. The lowest BCUT2D eigenvalue weighted by atomic mass is 10.2. The first kappa shape index (κ1) is 19.7. The van der Waals surface area contributed by atoms with Crippen molar-refractivity contribution in [1.29, 1.82) is 0 Å². The van der Waals surface area contributed by atoms with Crippen LogP contribution in [0.1, 0.15) is 4.88 Å². The minimum absolute atomic E-state index is 0.0377. The van der Waals surface area contributed by atoms with Gasteiger partial charge in [-0.25, -0.2) is 0 Å². The molecule has 0 aliphatic carbocycles. The molecule has 0 fully saturated rings. The van der Waals surface area contributed by atoms with E-state index in [1.807, 2.05) is 23.6 Å². The Kier molecular flexibility index (Phi) is 5.80. The van der Waals surface area contributed by atoms with Crippen LogP contribution in [0.3, 0.4) is 0 Å². The lowest BCUT2D eigenvalue weighted by Crippen LogP contribution is -2.34. The summed E-state index contributed by atoms with van der Waals surface area (Å²) in [6, 6.07) is 14.9. The van der Waals surface area contributed by atoms with Gasteiger partial charge in [-0.15, -0.1) is 11.3 Å². The van der Waals surface area contributed by atoms with Crippen LogP contribution < -0.4 is 19.1 Å². The van der Waals surface area contributed by atoms with E-state index < -0.39 is 4.92 Å². The number of nitrogens with zero attached hydrogens (tertiary/aromatic N) is 2. The molecule has 2 heterocycles. The van der Waals surface area contributed by atoms with E-state index in [1.165, 1.54) is 24.3 Å². The van der Waals surface area contributed by atoms with Crippen molar-refractivity contribution in [2.75, 3.05) is 24.7 Å². The van der Waals surface area contributed by atoms with Gasteiger partial charge in [0.1, 0.15) is 19.0 Å². The predicted octanol–water partition coefficient (Wildman–Crippen LogP) is 4.04. The number of fused-ring (bicyclic) bond motifs is 1. The summed E-state index contributed by atoms with van der Waals surface area (Å²) in [7, 11) is 0. The van der Waals surface area contributed by atoms with E-state index in [0.717, 1.165) is 4.88 Å². The summed E-state index contributed by atoms with van der Waals surface area (Å²) in [5.74, 6) is 1.38. The van der Waals surface area contributed by atoms with Gasteiger partial charge in [-0.1, -0.05) is 6.07 Å². The third-order valence-electron chi connectivity index (χ3n) is 4.44. The van der Waals surface area contributed by atoms with Gasteiger partial charge in [0.05, 0.1) is 11.5 Å². The molecule has 9 heteroatoms. The summed E-state index contributed by atoms with van der Waals surface area (Å²) in [4.78, 5) is 25.9. The van der Waals surface area contributed by atoms with Crippen LogP contribution in [0.4, 0.5) is 11.4 Å². The van der Waals surface area contributed by atoms with E-state index in [0.29, 0.717) is 42.7 Å². The lowest BCUT2D eigenvalue weighted by molar-refractivity contribution is -0.384. The summed E-state index contributed by atoms with van der Waals surface area (Å²) in [6.07, 6.45) is 0. The van der Waals surface area contributed by atoms with Crippen molar-refractivity contribution in [1.82, 2.24) is 0 Å². The molecule has 30 heavy (non-hydrogen) atoms. The molecule has 4 rings (SSSR count). The molecule has 0 radical (unpaired) electrons. The topological polar surface area (TPSA) is 91.1 Å². The molecule has 2 aromatic carbocycles. The van der Waals surface area contributed by atoms with Crippen LogP contribution in [0.25, 0.3) is 0 Å². The number of nitro groups is 1. The highest BCUT2D eigenvalue weighted by atomic mass is 32.1. The smallest absolute Gasteiger partial charge is 0.269 e. The third kappa shape index (κ3) is 4.52. The van der Waals surface area contributed by atoms with Gasteiger partial charge in [0.15, 0.2) is 18.1 Å². The van der Waals surface area contributed by atoms with Crippen molar-refractivity contribution in [3.8, 4) is 17.2 Å². The van der Waals surface area contributed by atoms with Crippen LogP contribution in [0.2, 0.25) is 0 Å². The normalized spacial score (nSPS) is 12.3. The van der Waals surface area contributed by atoms with Crippen LogP contribution >= 0.6 is 11.3 Å². The van der Waals surface area contributed by atoms with Crippen molar-refractivity contribution < 1.29 is 23.9 Å². The number of carbonyl (C=O) groups excluding carboxylic acids is 1. The molecule has 3 aromatic rings. The number of ether oxygens (including phenoxy) is 3. The monoisotopic (exact) mass is 426 g/mol. The van der Waals surface area contributed by atoms with E-state index in [-0.39, 0.29) is 18.2 Å². The largest absolute Gasteiger partial charge is 0.486 e. The number of carbonyl (C=O) groups is 1. The van der Waals surface area contributed by atoms with Gasteiger partial charge in [0.2, 0.25) is 0 Å². The van der Waals surface area contributed by atoms with Crippen LogP contribution in [0.5, 0.6) is 17.2 Å². The molecule has 0 saturated carbocycles. The van der Waals surface area contributed by atoms with Crippen LogP contribution in [-0.4, -0.2) is 30.7 Å². The first-order chi connectivity index (χ1) is 14.6. The summed E-state index contributed by atoms with van der Waals surface area (Å²) in [6.45, 7) is 1.13. The highest BCUT2D eigenvalue weighted by Crippen LogP contribution is 2.34. The second-order valence-electron chi connectivity index (χ2n) is 6.43. The Balaban J connectivity index is 1.51. The summed E-state index contributed by atoms with van der Waals surface area (Å²) in [5.41, 5.74) is 0.634. The van der Waals surface area contributed by atoms with Crippen molar-refractivity contribution >= 4 is 28.6 Å². The Morgan fingerprint density at radius 2 is 1.87 bits per heavy atom. The molecule has 0 atom stereocenters. The van der Waals surface area contributed by atoms with Crippen LogP contribution in [-0.2, 0) is 11.3 Å². The SMILES string of the molecule is O=C(COc1ccc([N+](=O)[O-])cc1)N(Cc1cccs1)c1ccc2c(c1)OCCO2. The highest BCUT2D eigenvalue weighted by Gasteiger charge is 2.21. The number of anilines is 1. The van der Waals surface area contributed by atoms with E-state index >= 15 is 0 Å². The number of amides is 1. The van der Waals surface area contributed by atoms with Gasteiger partial charge in [0, 0.05) is 28.8 Å². The molecule has 1 aliphatic rings. The zero-order chi connectivity index (χ0) is 20.9. The number of non-ortho nitro benzene ring substituents is 1. The summed E-state index contributed by atoms with van der Waals surface area (Å²) in [5, 5.41) is 12.7. The fraction of sp³-hybridized carbons (Fsp3) is 0.190. The first-order valence-electron chi connectivity index (χ1n) is 9.20. The quantitative estimate of drug-likeness (QED) is 0.418. The molecule has 154 valence electrons. The molecular formula is C21H18N2O6S. The van der Waals surface area contributed by atoms with Crippen molar-refractivity contribution in [3.05, 3.63) is 75.0 Å². The first-order valence-corrected chi connectivity index (χ1v) is 10.1. The predicted molar refractivity (Wildman–Crippen MR) is 112 cm³/mol. The summed E-state index contributed by atoms with van der Waals surface area (Å²) >= 11 is 1.56. The minimum atomic E-state index is -0.487. The standard InChI is InChI=1S/C21H18N2O6S/c24-21(14-29-17-6-3-15(4-7-17)23(25)26)22(13-18-2-1-11-30-18)16-5-8-19-20(12-16)28-10-9-27-19/h1-8,11-12H,9-10,13-14H2. The number of hydrogen-bond acceptors (Lipinski definition) is 7. The van der Waals surface area contributed by atoms with E-state index in [2.05, 4.69) is 0 Å². The molecule has 0 spiro atoms. The molecule has 8 nitrogen and oxygen atoms in total. The fourth-order valence-electron chi connectivity index (χ4n) is 2.97. The van der Waals surface area contributed by atoms with Gasteiger partial charge in [0.25, 0.3) is 11.6 Å². The van der Waals surface area contributed by atoms with E-state index in [9.17, 15) is 14.9 Å². The van der Waals surface area contributed by atoms with Gasteiger partial charge >= 0.3 is 0 Å². The maximum atomic E-state index is 13.0. The average molecular weight is 426 g/mol. The second-order valence-corrected chi connectivity index (χ2v) is 7.46. The summed E-state index contributed by atoms with van der Waals surface area (Å²) < 4.78 is 16.8. The average Bonchev–Trinajstić information content (AvgIpc) is 3.29. The zero-order valence-corrected chi connectivity index (χ0v) is 16.7. The molecule has 1 aliphatic heterocycles. The third-order valence-corrected chi connectivity index (χ3v) is 5.30. The molecular weight excluding hydrogens is 408 g/mol.